The molecule has 0 fully saturated rings. The minimum atomic E-state index is -0.629. The van der Waals surface area contributed by atoms with E-state index in [2.05, 4.69) is 0 Å². The molecule has 0 saturated carbocycles. The maximum atomic E-state index is 12.1. The lowest BCUT2D eigenvalue weighted by atomic mass is 10.0. The zero-order valence-corrected chi connectivity index (χ0v) is 13.3. The lowest BCUT2D eigenvalue weighted by Gasteiger charge is -2.24. The Morgan fingerprint density at radius 2 is 1.83 bits per heavy atom. The third-order valence-electron chi connectivity index (χ3n) is 3.63. The van der Waals surface area contributed by atoms with Gasteiger partial charge in [0, 0.05) is 6.42 Å². The monoisotopic (exact) mass is 319 g/mol. The molecule has 6 heteroatoms. The van der Waals surface area contributed by atoms with E-state index in [1.165, 1.54) is 4.90 Å². The molecule has 1 heterocycles. The number of ether oxygens (including phenoxy) is 2. The molecule has 0 bridgehead atoms. The maximum Gasteiger partial charge on any atom is 0.410 e. The van der Waals surface area contributed by atoms with Crippen molar-refractivity contribution in [3.63, 3.8) is 0 Å². The summed E-state index contributed by atoms with van der Waals surface area (Å²) in [5, 5.41) is 10.4. The van der Waals surface area contributed by atoms with E-state index in [0.29, 0.717) is 6.42 Å². The summed E-state index contributed by atoms with van der Waals surface area (Å²) in [6, 6.07) is 8.83. The zero-order chi connectivity index (χ0) is 16.8. The van der Waals surface area contributed by atoms with Crippen molar-refractivity contribution in [1.29, 1.82) is 0 Å². The van der Waals surface area contributed by atoms with E-state index < -0.39 is 18.1 Å². The summed E-state index contributed by atoms with van der Waals surface area (Å²) < 4.78 is 9.97. The van der Waals surface area contributed by atoms with E-state index in [1.54, 1.807) is 13.8 Å². The van der Waals surface area contributed by atoms with Crippen LogP contribution in [-0.4, -0.2) is 47.9 Å². The Morgan fingerprint density at radius 3 is 2.43 bits per heavy atom. The second-order valence-electron chi connectivity index (χ2n) is 5.12. The first-order chi connectivity index (χ1) is 11.1. The molecule has 0 radical (unpaired) electrons. The molecule has 1 amide bonds. The largest absolute Gasteiger partial charge is 0.509 e. The molecule has 1 aromatic rings. The van der Waals surface area contributed by atoms with Gasteiger partial charge in [-0.1, -0.05) is 30.3 Å². The first-order valence-corrected chi connectivity index (χ1v) is 7.64. The second kappa shape index (κ2) is 7.67. The number of carbonyl (C=O) groups is 2. The quantitative estimate of drug-likeness (QED) is 0.844. The van der Waals surface area contributed by atoms with Crippen molar-refractivity contribution in [3.05, 3.63) is 47.2 Å². The van der Waals surface area contributed by atoms with Crippen LogP contribution < -0.4 is 0 Å². The number of aliphatic hydroxyl groups is 1. The van der Waals surface area contributed by atoms with Crippen LogP contribution in [0.3, 0.4) is 0 Å². The van der Waals surface area contributed by atoms with Crippen LogP contribution in [-0.2, 0) is 20.7 Å². The predicted octanol–water partition coefficient (Wildman–Crippen LogP) is 2.45. The normalized spacial score (nSPS) is 17.3. The van der Waals surface area contributed by atoms with Gasteiger partial charge in [0.1, 0.15) is 5.76 Å². The fraction of sp³-hybridized carbons (Fsp3) is 0.412. The van der Waals surface area contributed by atoms with Crippen molar-refractivity contribution in [1.82, 2.24) is 4.90 Å². The number of rotatable bonds is 5. The van der Waals surface area contributed by atoms with Gasteiger partial charge in [-0.2, -0.15) is 0 Å². The smallest absolute Gasteiger partial charge is 0.410 e. The van der Waals surface area contributed by atoms with E-state index >= 15 is 0 Å². The Balaban J connectivity index is 2.26. The molecule has 1 unspecified atom stereocenters. The first-order valence-electron chi connectivity index (χ1n) is 7.64. The maximum absolute atomic E-state index is 12.1. The molecular formula is C17H21NO5. The Kier molecular flexibility index (Phi) is 5.62. The van der Waals surface area contributed by atoms with Crippen molar-refractivity contribution >= 4 is 12.1 Å². The van der Waals surface area contributed by atoms with Crippen LogP contribution in [0.2, 0.25) is 0 Å². The summed E-state index contributed by atoms with van der Waals surface area (Å²) in [6.07, 6.45) is -0.159. The summed E-state index contributed by atoms with van der Waals surface area (Å²) in [5.41, 5.74) is 1.06. The molecule has 1 N–H and O–H groups in total. The first kappa shape index (κ1) is 16.9. The average molecular weight is 319 g/mol. The molecule has 124 valence electrons. The zero-order valence-electron chi connectivity index (χ0n) is 13.3. The summed E-state index contributed by atoms with van der Waals surface area (Å²) in [4.78, 5) is 25.5. The summed E-state index contributed by atoms with van der Waals surface area (Å²) in [7, 11) is 0. The molecular weight excluding hydrogens is 298 g/mol. The van der Waals surface area contributed by atoms with Gasteiger partial charge in [-0.05, 0) is 19.4 Å². The number of amides is 1. The number of esters is 1. The van der Waals surface area contributed by atoms with Crippen LogP contribution in [0.4, 0.5) is 4.79 Å². The topological polar surface area (TPSA) is 76.1 Å². The third-order valence-corrected chi connectivity index (χ3v) is 3.63. The number of carbonyl (C=O) groups excluding carboxylic acids is 2. The summed E-state index contributed by atoms with van der Waals surface area (Å²) in [6.45, 7) is 3.82. The highest BCUT2D eigenvalue weighted by Gasteiger charge is 2.40. The highest BCUT2D eigenvalue weighted by atomic mass is 16.6. The molecule has 2 rings (SSSR count). The molecule has 23 heavy (non-hydrogen) atoms. The SMILES string of the molecule is CCOC(=O)C1=C(O)C(Cc2ccccc2)N(C(=O)OCC)C1. The van der Waals surface area contributed by atoms with Gasteiger partial charge in [-0.15, -0.1) is 0 Å². The van der Waals surface area contributed by atoms with E-state index in [-0.39, 0.29) is 31.1 Å². The Bertz CT molecular complexity index is 596. The number of nitrogens with zero attached hydrogens (tertiary/aromatic N) is 1. The van der Waals surface area contributed by atoms with Crippen LogP contribution in [0.1, 0.15) is 19.4 Å². The second-order valence-corrected chi connectivity index (χ2v) is 5.12. The van der Waals surface area contributed by atoms with Crippen LogP contribution in [0, 0.1) is 0 Å². The van der Waals surface area contributed by atoms with Crippen molar-refractivity contribution in [2.24, 2.45) is 0 Å². The minimum Gasteiger partial charge on any atom is -0.509 e. The molecule has 0 aromatic heterocycles. The van der Waals surface area contributed by atoms with Gasteiger partial charge in [0.15, 0.2) is 0 Å². The van der Waals surface area contributed by atoms with E-state index in [9.17, 15) is 14.7 Å². The van der Waals surface area contributed by atoms with E-state index in [1.807, 2.05) is 30.3 Å². The van der Waals surface area contributed by atoms with Crippen LogP contribution in [0.5, 0.6) is 0 Å². The van der Waals surface area contributed by atoms with Crippen LogP contribution in [0.25, 0.3) is 0 Å². The van der Waals surface area contributed by atoms with Crippen LogP contribution >= 0.6 is 0 Å². The van der Waals surface area contributed by atoms with Crippen LogP contribution in [0.15, 0.2) is 41.7 Å². The van der Waals surface area contributed by atoms with Gasteiger partial charge >= 0.3 is 12.1 Å². The van der Waals surface area contributed by atoms with Gasteiger partial charge in [0.2, 0.25) is 0 Å². The Morgan fingerprint density at radius 1 is 1.17 bits per heavy atom. The fourth-order valence-corrected chi connectivity index (χ4v) is 2.54. The standard InChI is InChI=1S/C17H21NO5/c1-3-22-16(20)13-11-18(17(21)23-4-2)14(15(13)19)10-12-8-6-5-7-9-12/h5-9,14,19H,3-4,10-11H2,1-2H3. The minimum absolute atomic E-state index is 0.0129. The lowest BCUT2D eigenvalue weighted by molar-refractivity contribution is -0.138. The predicted molar refractivity (Wildman–Crippen MR) is 83.9 cm³/mol. The number of aliphatic hydroxyl groups excluding tert-OH is 1. The Hall–Kier alpha value is -2.50. The van der Waals surface area contributed by atoms with E-state index in [0.717, 1.165) is 5.56 Å². The van der Waals surface area contributed by atoms with Crippen molar-refractivity contribution in [2.75, 3.05) is 19.8 Å². The van der Waals surface area contributed by atoms with Gasteiger partial charge < -0.3 is 14.6 Å². The summed E-state index contributed by atoms with van der Waals surface area (Å²) >= 11 is 0. The molecule has 0 spiro atoms. The average Bonchev–Trinajstić information content (AvgIpc) is 2.86. The highest BCUT2D eigenvalue weighted by Crippen LogP contribution is 2.27. The van der Waals surface area contributed by atoms with Crippen molar-refractivity contribution in [3.8, 4) is 0 Å². The molecule has 1 aliphatic heterocycles. The highest BCUT2D eigenvalue weighted by molar-refractivity contribution is 5.91. The van der Waals surface area contributed by atoms with Crippen molar-refractivity contribution in [2.45, 2.75) is 26.3 Å². The molecule has 0 aliphatic carbocycles. The molecule has 6 nitrogen and oxygen atoms in total. The third kappa shape index (κ3) is 3.83. The molecule has 1 aliphatic rings. The van der Waals surface area contributed by atoms with Gasteiger partial charge in [-0.25, -0.2) is 9.59 Å². The number of hydrogen-bond donors (Lipinski definition) is 1. The van der Waals surface area contributed by atoms with Gasteiger partial charge in [0.25, 0.3) is 0 Å². The number of hydrogen-bond acceptors (Lipinski definition) is 5. The lowest BCUT2D eigenvalue weighted by Crippen LogP contribution is -2.39. The van der Waals surface area contributed by atoms with Crippen molar-refractivity contribution < 1.29 is 24.2 Å². The van der Waals surface area contributed by atoms with E-state index in [4.69, 9.17) is 9.47 Å². The Labute approximate surface area is 135 Å². The fourth-order valence-electron chi connectivity index (χ4n) is 2.54. The summed E-state index contributed by atoms with van der Waals surface area (Å²) in [5.74, 6) is -0.727. The molecule has 0 saturated heterocycles. The molecule has 1 aromatic carbocycles. The van der Waals surface area contributed by atoms with Gasteiger partial charge in [0.05, 0.1) is 31.4 Å². The van der Waals surface area contributed by atoms with Gasteiger partial charge in [-0.3, -0.25) is 4.90 Å². The number of benzene rings is 1. The molecule has 1 atom stereocenters.